The Morgan fingerprint density at radius 3 is 2.48 bits per heavy atom. The van der Waals surface area contributed by atoms with Gasteiger partial charge in [-0.2, -0.15) is 0 Å². The quantitative estimate of drug-likeness (QED) is 0.639. The molecule has 0 radical (unpaired) electrons. The smallest absolute Gasteiger partial charge is 0.250 e. The van der Waals surface area contributed by atoms with Crippen molar-refractivity contribution in [2.75, 3.05) is 25.1 Å². The van der Waals surface area contributed by atoms with Crippen molar-refractivity contribution in [2.45, 2.75) is 19.4 Å². The molecule has 2 heterocycles. The fourth-order valence-electron chi connectivity index (χ4n) is 4.17. The Hall–Kier alpha value is -3.67. The molecule has 6 heteroatoms. The first kappa shape index (κ1) is 20.6. The van der Waals surface area contributed by atoms with Crippen LogP contribution in [0.5, 0.6) is 5.75 Å². The minimum absolute atomic E-state index is 0.0978. The molecule has 158 valence electrons. The van der Waals surface area contributed by atoms with Crippen LogP contribution in [0, 0.1) is 0 Å². The molecular weight excluding hydrogens is 390 g/mol. The number of hydrogen-bond donors (Lipinski definition) is 0. The number of benzene rings is 2. The van der Waals surface area contributed by atoms with Crippen LogP contribution in [-0.2, 0) is 16.0 Å². The van der Waals surface area contributed by atoms with Crippen LogP contribution in [0.4, 0.5) is 5.69 Å². The van der Waals surface area contributed by atoms with Gasteiger partial charge < -0.3 is 14.5 Å². The highest BCUT2D eigenvalue weighted by atomic mass is 16.5. The molecule has 0 aliphatic carbocycles. The molecule has 4 rings (SSSR count). The molecule has 0 saturated carbocycles. The SMILES string of the molecule is COc1ccccc1N1CCN(C(C)=O)[C@@H](Cc2ccccc2-c2ccncc2)C1=O. The summed E-state index contributed by atoms with van der Waals surface area (Å²) in [5.41, 5.74) is 3.81. The number of nitrogens with zero attached hydrogens (tertiary/aromatic N) is 3. The van der Waals surface area contributed by atoms with Gasteiger partial charge >= 0.3 is 0 Å². The second kappa shape index (κ2) is 9.00. The van der Waals surface area contributed by atoms with Crippen LogP contribution < -0.4 is 9.64 Å². The number of ether oxygens (including phenoxy) is 1. The maximum Gasteiger partial charge on any atom is 0.250 e. The van der Waals surface area contributed by atoms with E-state index in [4.69, 9.17) is 4.74 Å². The van der Waals surface area contributed by atoms with E-state index in [9.17, 15) is 9.59 Å². The van der Waals surface area contributed by atoms with Crippen molar-refractivity contribution in [3.8, 4) is 16.9 Å². The monoisotopic (exact) mass is 415 g/mol. The third-order valence-corrected chi connectivity index (χ3v) is 5.69. The van der Waals surface area contributed by atoms with Gasteiger partial charge in [0.05, 0.1) is 12.8 Å². The van der Waals surface area contributed by atoms with Crippen LogP contribution in [0.25, 0.3) is 11.1 Å². The zero-order chi connectivity index (χ0) is 21.8. The number of pyridine rings is 1. The second-order valence-electron chi connectivity index (χ2n) is 7.49. The number of carbonyl (C=O) groups excluding carboxylic acids is 2. The number of piperazine rings is 1. The van der Waals surface area contributed by atoms with Crippen molar-refractivity contribution in [3.63, 3.8) is 0 Å². The first-order valence-electron chi connectivity index (χ1n) is 10.3. The molecule has 1 aromatic heterocycles. The second-order valence-corrected chi connectivity index (χ2v) is 7.49. The predicted molar refractivity (Wildman–Crippen MR) is 120 cm³/mol. The first-order valence-corrected chi connectivity index (χ1v) is 10.3. The zero-order valence-corrected chi connectivity index (χ0v) is 17.7. The van der Waals surface area contributed by atoms with Crippen LogP contribution in [0.15, 0.2) is 73.1 Å². The molecule has 1 fully saturated rings. The maximum atomic E-state index is 13.6. The molecule has 1 atom stereocenters. The van der Waals surface area contributed by atoms with E-state index in [1.807, 2.05) is 60.7 Å². The Bertz CT molecular complexity index is 1080. The molecule has 1 aliphatic rings. The number of methoxy groups -OCH3 is 1. The zero-order valence-electron chi connectivity index (χ0n) is 17.7. The lowest BCUT2D eigenvalue weighted by Gasteiger charge is -2.40. The van der Waals surface area contributed by atoms with Gasteiger partial charge in [0.25, 0.3) is 0 Å². The van der Waals surface area contributed by atoms with Crippen molar-refractivity contribution < 1.29 is 14.3 Å². The summed E-state index contributed by atoms with van der Waals surface area (Å²) in [4.78, 5) is 33.5. The average molecular weight is 415 g/mol. The van der Waals surface area contributed by atoms with E-state index in [-0.39, 0.29) is 11.8 Å². The summed E-state index contributed by atoms with van der Waals surface area (Å²) in [5, 5.41) is 0. The summed E-state index contributed by atoms with van der Waals surface area (Å²) in [6, 6.07) is 18.8. The number of carbonyl (C=O) groups is 2. The average Bonchev–Trinajstić information content (AvgIpc) is 2.81. The summed E-state index contributed by atoms with van der Waals surface area (Å²) in [5.74, 6) is 0.443. The Morgan fingerprint density at radius 2 is 1.74 bits per heavy atom. The summed E-state index contributed by atoms with van der Waals surface area (Å²) in [6.45, 7) is 2.43. The molecule has 3 aromatic rings. The van der Waals surface area contributed by atoms with Gasteiger partial charge in [0, 0.05) is 38.8 Å². The Balaban J connectivity index is 1.70. The summed E-state index contributed by atoms with van der Waals surface area (Å²) < 4.78 is 5.47. The molecule has 31 heavy (non-hydrogen) atoms. The van der Waals surface area contributed by atoms with Crippen LogP contribution in [0.2, 0.25) is 0 Å². The number of anilines is 1. The normalized spacial score (nSPS) is 16.3. The molecule has 2 aromatic carbocycles. The lowest BCUT2D eigenvalue weighted by molar-refractivity contribution is -0.139. The summed E-state index contributed by atoms with van der Waals surface area (Å²) >= 11 is 0. The standard InChI is InChI=1S/C25H25N3O3/c1-18(29)27-15-16-28(22-9-5-6-10-24(22)31-2)25(30)23(27)17-20-7-3-4-8-21(20)19-11-13-26-14-12-19/h3-14,23H,15-17H2,1-2H3/t23-/m0/s1. The van der Waals surface area contributed by atoms with Gasteiger partial charge in [0.2, 0.25) is 11.8 Å². The van der Waals surface area contributed by atoms with E-state index >= 15 is 0 Å². The third kappa shape index (κ3) is 4.14. The molecule has 0 spiro atoms. The third-order valence-electron chi connectivity index (χ3n) is 5.69. The number of hydrogen-bond acceptors (Lipinski definition) is 4. The molecule has 0 N–H and O–H groups in total. The van der Waals surface area contributed by atoms with Crippen LogP contribution in [-0.4, -0.2) is 47.9 Å². The van der Waals surface area contributed by atoms with E-state index in [2.05, 4.69) is 4.98 Å². The molecule has 2 amide bonds. The Kier molecular flexibility index (Phi) is 5.98. The van der Waals surface area contributed by atoms with E-state index in [0.717, 1.165) is 22.4 Å². The van der Waals surface area contributed by atoms with Gasteiger partial charge in [-0.05, 0) is 41.0 Å². The lowest BCUT2D eigenvalue weighted by Crippen LogP contribution is -2.59. The highest BCUT2D eigenvalue weighted by Gasteiger charge is 2.38. The first-order chi connectivity index (χ1) is 15.1. The van der Waals surface area contributed by atoms with E-state index in [0.29, 0.717) is 25.3 Å². The number of amides is 2. The van der Waals surface area contributed by atoms with Crippen LogP contribution >= 0.6 is 0 Å². The molecule has 6 nitrogen and oxygen atoms in total. The fourth-order valence-corrected chi connectivity index (χ4v) is 4.17. The largest absolute Gasteiger partial charge is 0.495 e. The Labute approximate surface area is 182 Å². The van der Waals surface area contributed by atoms with Crippen molar-refractivity contribution in [1.29, 1.82) is 0 Å². The number of aromatic nitrogens is 1. The summed E-state index contributed by atoms with van der Waals surface area (Å²) in [7, 11) is 1.59. The maximum absolute atomic E-state index is 13.6. The minimum Gasteiger partial charge on any atom is -0.495 e. The highest BCUT2D eigenvalue weighted by Crippen LogP contribution is 2.32. The molecule has 0 bridgehead atoms. The van der Waals surface area contributed by atoms with Gasteiger partial charge in [0.15, 0.2) is 0 Å². The van der Waals surface area contributed by atoms with Crippen LogP contribution in [0.1, 0.15) is 12.5 Å². The molecule has 1 saturated heterocycles. The van der Waals surface area contributed by atoms with E-state index in [1.54, 1.807) is 29.3 Å². The predicted octanol–water partition coefficient (Wildman–Crippen LogP) is 3.56. The molecule has 1 aliphatic heterocycles. The van der Waals surface area contributed by atoms with Gasteiger partial charge in [0.1, 0.15) is 11.8 Å². The van der Waals surface area contributed by atoms with Crippen molar-refractivity contribution in [1.82, 2.24) is 9.88 Å². The van der Waals surface area contributed by atoms with Crippen molar-refractivity contribution in [2.24, 2.45) is 0 Å². The van der Waals surface area contributed by atoms with E-state index in [1.165, 1.54) is 6.92 Å². The number of rotatable bonds is 5. The lowest BCUT2D eigenvalue weighted by atomic mass is 9.93. The molecule has 0 unspecified atom stereocenters. The Morgan fingerprint density at radius 1 is 1.03 bits per heavy atom. The van der Waals surface area contributed by atoms with Crippen molar-refractivity contribution in [3.05, 3.63) is 78.6 Å². The van der Waals surface area contributed by atoms with Crippen LogP contribution in [0.3, 0.4) is 0 Å². The van der Waals surface area contributed by atoms with E-state index < -0.39 is 6.04 Å². The number of para-hydroxylation sites is 2. The molecular formula is C25H25N3O3. The van der Waals surface area contributed by atoms with Crippen molar-refractivity contribution >= 4 is 17.5 Å². The van der Waals surface area contributed by atoms with Gasteiger partial charge in [-0.15, -0.1) is 0 Å². The highest BCUT2D eigenvalue weighted by molar-refractivity contribution is 6.01. The van der Waals surface area contributed by atoms with Gasteiger partial charge in [-0.3, -0.25) is 14.6 Å². The van der Waals surface area contributed by atoms with Gasteiger partial charge in [-0.25, -0.2) is 0 Å². The fraction of sp³-hybridized carbons (Fsp3) is 0.240. The topological polar surface area (TPSA) is 62.7 Å². The minimum atomic E-state index is -0.584. The summed E-state index contributed by atoms with van der Waals surface area (Å²) in [6.07, 6.45) is 3.94. The van der Waals surface area contributed by atoms with Gasteiger partial charge in [-0.1, -0.05) is 36.4 Å².